The number of hydrogen-bond acceptors (Lipinski definition) is 5. The van der Waals surface area contributed by atoms with Crippen LogP contribution in [-0.2, 0) is 23.7 Å². The molecule has 0 radical (unpaired) electrons. The normalized spacial score (nSPS) is 28.5. The molecule has 128 valence electrons. The van der Waals surface area contributed by atoms with E-state index in [1.807, 2.05) is 34.6 Å². The van der Waals surface area contributed by atoms with Crippen molar-refractivity contribution in [2.75, 3.05) is 0 Å². The number of fused-ring (bicyclic) bond motifs is 3. The third-order valence-corrected chi connectivity index (χ3v) is 6.61. The SMILES string of the molecule is Cn1nc2c(c1-c1nnn(I)n1)CC[C@H]1C(C)(C)C(=O)CC[C@]21C. The lowest BCUT2D eigenvalue weighted by molar-refractivity contribution is -0.137. The average molecular weight is 440 g/mol. The van der Waals surface area contributed by atoms with Crippen LogP contribution in [0.5, 0.6) is 0 Å². The summed E-state index contributed by atoms with van der Waals surface area (Å²) >= 11 is 2.00. The van der Waals surface area contributed by atoms with Crippen LogP contribution in [0.4, 0.5) is 0 Å². The van der Waals surface area contributed by atoms with E-state index in [9.17, 15) is 4.79 Å². The van der Waals surface area contributed by atoms with E-state index in [1.165, 1.54) is 8.57 Å². The highest BCUT2D eigenvalue weighted by Crippen LogP contribution is 2.56. The van der Waals surface area contributed by atoms with E-state index >= 15 is 0 Å². The third kappa shape index (κ3) is 2.04. The summed E-state index contributed by atoms with van der Waals surface area (Å²) in [4.78, 5) is 12.5. The Kier molecular flexibility index (Phi) is 3.43. The Balaban J connectivity index is 1.87. The molecule has 24 heavy (non-hydrogen) atoms. The van der Waals surface area contributed by atoms with Crippen LogP contribution in [-0.4, -0.2) is 34.0 Å². The third-order valence-electron chi connectivity index (χ3n) is 6.20. The summed E-state index contributed by atoms with van der Waals surface area (Å²) in [6, 6.07) is 0. The highest BCUT2D eigenvalue weighted by molar-refractivity contribution is 14.1. The van der Waals surface area contributed by atoms with Gasteiger partial charge in [0, 0.05) is 29.9 Å². The van der Waals surface area contributed by atoms with Gasteiger partial charge in [0.05, 0.1) is 5.69 Å². The Morgan fingerprint density at radius 3 is 2.62 bits per heavy atom. The van der Waals surface area contributed by atoms with Crippen molar-refractivity contribution < 1.29 is 4.79 Å². The number of nitrogens with zero attached hydrogens (tertiary/aromatic N) is 6. The van der Waals surface area contributed by atoms with E-state index in [4.69, 9.17) is 5.10 Å². The minimum Gasteiger partial charge on any atom is -0.299 e. The number of halogens is 1. The largest absolute Gasteiger partial charge is 0.299 e. The van der Waals surface area contributed by atoms with E-state index in [0.717, 1.165) is 30.7 Å². The zero-order chi connectivity index (χ0) is 17.3. The molecule has 4 rings (SSSR count). The molecule has 2 aromatic heterocycles. The number of aryl methyl sites for hydroxylation is 1. The second kappa shape index (κ2) is 5.09. The quantitative estimate of drug-likeness (QED) is 0.637. The van der Waals surface area contributed by atoms with E-state index in [2.05, 4.69) is 36.2 Å². The highest BCUT2D eigenvalue weighted by Gasteiger charge is 2.55. The molecule has 2 aliphatic rings. The molecule has 0 bridgehead atoms. The van der Waals surface area contributed by atoms with Gasteiger partial charge in [-0.15, -0.1) is 13.2 Å². The maximum Gasteiger partial charge on any atom is 0.224 e. The zero-order valence-electron chi connectivity index (χ0n) is 14.4. The standard InChI is InChI=1S/C16H21IN6O/c1-15(2)10-6-5-9-12(14-18-21-23(17)20-14)22(4)19-13(9)16(10,3)8-7-11(15)24/h10H,5-8H2,1-4H3/t10-,16-/m0/s1. The molecule has 1 fully saturated rings. The van der Waals surface area contributed by atoms with E-state index < -0.39 is 0 Å². The summed E-state index contributed by atoms with van der Waals surface area (Å²) in [5.41, 5.74) is 2.96. The Bertz CT molecular complexity index is 838. The maximum absolute atomic E-state index is 12.5. The molecule has 7 nitrogen and oxygen atoms in total. The summed E-state index contributed by atoms with van der Waals surface area (Å²) in [7, 11) is 1.94. The van der Waals surface area contributed by atoms with E-state index in [0.29, 0.717) is 23.9 Å². The summed E-state index contributed by atoms with van der Waals surface area (Å²) in [5, 5.41) is 17.3. The van der Waals surface area contributed by atoms with Crippen LogP contribution >= 0.6 is 22.9 Å². The number of hydrogen-bond donors (Lipinski definition) is 0. The summed E-state index contributed by atoms with van der Waals surface area (Å²) in [5.74, 6) is 1.34. The van der Waals surface area contributed by atoms with Crippen molar-refractivity contribution >= 4 is 28.6 Å². The van der Waals surface area contributed by atoms with Gasteiger partial charge in [-0.2, -0.15) is 5.10 Å². The van der Waals surface area contributed by atoms with Crippen molar-refractivity contribution in [2.24, 2.45) is 18.4 Å². The number of carbonyl (C=O) groups is 1. The minimum atomic E-state index is -0.286. The Hall–Kier alpha value is -1.32. The van der Waals surface area contributed by atoms with Gasteiger partial charge in [0.2, 0.25) is 5.82 Å². The van der Waals surface area contributed by atoms with Crippen molar-refractivity contribution in [2.45, 2.75) is 51.9 Å². The number of tetrazole rings is 1. The van der Waals surface area contributed by atoms with Gasteiger partial charge in [0.1, 0.15) is 34.3 Å². The number of Topliss-reactive ketones (excluding diaryl/α,β-unsaturated/α-hetero) is 1. The van der Waals surface area contributed by atoms with Crippen LogP contribution in [0.25, 0.3) is 11.5 Å². The molecule has 1 saturated carbocycles. The van der Waals surface area contributed by atoms with Crippen LogP contribution < -0.4 is 0 Å². The average Bonchev–Trinajstić information content (AvgIpc) is 3.07. The van der Waals surface area contributed by atoms with Crippen molar-refractivity contribution in [3.63, 3.8) is 0 Å². The van der Waals surface area contributed by atoms with Gasteiger partial charge in [0.25, 0.3) is 0 Å². The van der Waals surface area contributed by atoms with Crippen molar-refractivity contribution in [3.05, 3.63) is 11.3 Å². The molecule has 0 saturated heterocycles. The van der Waals surface area contributed by atoms with Crippen molar-refractivity contribution in [3.8, 4) is 11.5 Å². The van der Waals surface area contributed by atoms with Gasteiger partial charge < -0.3 is 0 Å². The predicted octanol–water partition coefficient (Wildman–Crippen LogP) is 2.48. The predicted molar refractivity (Wildman–Crippen MR) is 96.6 cm³/mol. The lowest BCUT2D eigenvalue weighted by atomic mass is 9.51. The number of ketones is 1. The molecule has 0 N–H and O–H groups in total. The number of rotatable bonds is 1. The molecular weight excluding hydrogens is 419 g/mol. The molecule has 0 aromatic carbocycles. The first-order valence-corrected chi connectivity index (χ1v) is 9.28. The molecule has 0 aliphatic heterocycles. The fraction of sp³-hybridized carbons (Fsp3) is 0.688. The van der Waals surface area contributed by atoms with E-state index in [1.54, 1.807) is 0 Å². The first kappa shape index (κ1) is 16.2. The molecular formula is C16H21IN6O. The van der Waals surface area contributed by atoms with Gasteiger partial charge in [-0.25, -0.2) is 0 Å². The molecule has 2 heterocycles. The minimum absolute atomic E-state index is 0.0681. The molecule has 2 aliphatic carbocycles. The van der Waals surface area contributed by atoms with Gasteiger partial charge in [0.15, 0.2) is 0 Å². The van der Waals surface area contributed by atoms with Crippen LogP contribution in [0.1, 0.15) is 51.3 Å². The van der Waals surface area contributed by atoms with Gasteiger partial charge >= 0.3 is 0 Å². The number of aromatic nitrogens is 6. The van der Waals surface area contributed by atoms with Crippen LogP contribution in [0.2, 0.25) is 0 Å². The lowest BCUT2D eigenvalue weighted by Gasteiger charge is -2.51. The number of carbonyl (C=O) groups excluding carboxylic acids is 1. The van der Waals surface area contributed by atoms with Gasteiger partial charge in [-0.3, -0.25) is 9.48 Å². The molecule has 2 aromatic rings. The second-order valence-corrected chi connectivity index (χ2v) is 8.67. The second-order valence-electron chi connectivity index (χ2n) is 7.81. The Morgan fingerprint density at radius 2 is 1.96 bits per heavy atom. The molecule has 2 atom stereocenters. The smallest absolute Gasteiger partial charge is 0.224 e. The monoisotopic (exact) mass is 440 g/mol. The maximum atomic E-state index is 12.5. The van der Waals surface area contributed by atoms with Crippen LogP contribution in [0.15, 0.2) is 0 Å². The highest BCUT2D eigenvalue weighted by atomic mass is 127. The van der Waals surface area contributed by atoms with Crippen LogP contribution in [0, 0.1) is 11.3 Å². The Morgan fingerprint density at radius 1 is 1.21 bits per heavy atom. The zero-order valence-corrected chi connectivity index (χ0v) is 16.5. The first-order chi connectivity index (χ1) is 11.2. The van der Waals surface area contributed by atoms with E-state index in [-0.39, 0.29) is 10.8 Å². The van der Waals surface area contributed by atoms with Crippen LogP contribution in [0.3, 0.4) is 0 Å². The summed E-state index contributed by atoms with van der Waals surface area (Å²) in [6.07, 6.45) is 3.41. The fourth-order valence-electron chi connectivity index (χ4n) is 4.95. The van der Waals surface area contributed by atoms with Crippen molar-refractivity contribution in [1.29, 1.82) is 0 Å². The van der Waals surface area contributed by atoms with Crippen molar-refractivity contribution in [1.82, 2.24) is 28.2 Å². The molecule has 8 heteroatoms. The molecule has 0 spiro atoms. The fourth-order valence-corrected chi connectivity index (χ4v) is 5.25. The lowest BCUT2D eigenvalue weighted by Crippen LogP contribution is -2.52. The van der Waals surface area contributed by atoms with Gasteiger partial charge in [-0.05, 0) is 30.4 Å². The summed E-state index contributed by atoms with van der Waals surface area (Å²) < 4.78 is 3.33. The van der Waals surface area contributed by atoms with Gasteiger partial charge in [-0.1, -0.05) is 20.8 Å². The molecule has 0 amide bonds. The topological polar surface area (TPSA) is 78.5 Å². The Labute approximate surface area is 154 Å². The molecule has 0 unspecified atom stereocenters. The first-order valence-electron chi connectivity index (χ1n) is 8.31. The summed E-state index contributed by atoms with van der Waals surface area (Å²) in [6.45, 7) is 6.49.